The summed E-state index contributed by atoms with van der Waals surface area (Å²) in [5, 5.41) is 9.08. The first kappa shape index (κ1) is 12.5. The summed E-state index contributed by atoms with van der Waals surface area (Å²) in [6.07, 6.45) is 1.35. The molecule has 2 aromatic rings. The summed E-state index contributed by atoms with van der Waals surface area (Å²) >= 11 is 5.80. The molecule has 1 unspecified atom stereocenters. The number of aromatic amines is 1. The molecule has 1 aromatic heterocycles. The Morgan fingerprint density at radius 2 is 2.33 bits per heavy atom. The van der Waals surface area contributed by atoms with E-state index in [4.69, 9.17) is 11.6 Å². The summed E-state index contributed by atoms with van der Waals surface area (Å²) in [5.74, 6) is -0.356. The average Bonchev–Trinajstić information content (AvgIpc) is 2.81. The van der Waals surface area contributed by atoms with E-state index in [0.717, 1.165) is 6.07 Å². The molecule has 0 saturated carbocycles. The van der Waals surface area contributed by atoms with Crippen LogP contribution in [0.4, 0.5) is 4.39 Å². The molecule has 94 valence electrons. The van der Waals surface area contributed by atoms with Gasteiger partial charge in [0.2, 0.25) is 0 Å². The van der Waals surface area contributed by atoms with E-state index in [-0.39, 0.29) is 16.6 Å². The van der Waals surface area contributed by atoms with Gasteiger partial charge in [-0.15, -0.1) is 0 Å². The maximum absolute atomic E-state index is 12.9. The highest BCUT2D eigenvalue weighted by Crippen LogP contribution is 2.18. The van der Waals surface area contributed by atoms with Gasteiger partial charge >= 0.3 is 0 Å². The van der Waals surface area contributed by atoms with Crippen molar-refractivity contribution < 1.29 is 9.18 Å². The summed E-state index contributed by atoms with van der Waals surface area (Å²) in [6, 6.07) is 3.26. The number of hydrogen-bond donors (Lipinski definition) is 2. The van der Waals surface area contributed by atoms with Crippen LogP contribution in [0.5, 0.6) is 0 Å². The second kappa shape index (κ2) is 5.14. The van der Waals surface area contributed by atoms with Crippen molar-refractivity contribution in [1.82, 2.24) is 20.5 Å². The number of hydrogen-bond acceptors (Lipinski definition) is 3. The molecule has 0 bridgehead atoms. The Bertz CT molecular complexity index is 558. The summed E-state index contributed by atoms with van der Waals surface area (Å²) < 4.78 is 12.9. The van der Waals surface area contributed by atoms with Crippen molar-refractivity contribution in [3.63, 3.8) is 0 Å². The summed E-state index contributed by atoms with van der Waals surface area (Å²) in [7, 11) is 0. The maximum Gasteiger partial charge on any atom is 0.253 e. The standard InChI is InChI=1S/C11H10ClFN4O/c1-6(10-14-5-15-17-10)16-11(18)8-3-2-7(13)4-9(8)12/h2-6H,1H3,(H,16,18)(H,14,15,17). The second-order valence-electron chi connectivity index (χ2n) is 3.69. The van der Waals surface area contributed by atoms with E-state index < -0.39 is 11.7 Å². The number of aromatic nitrogens is 3. The smallest absolute Gasteiger partial charge is 0.253 e. The van der Waals surface area contributed by atoms with Crippen LogP contribution in [0.1, 0.15) is 29.1 Å². The van der Waals surface area contributed by atoms with Gasteiger partial charge in [0.05, 0.1) is 16.6 Å². The molecule has 1 amide bonds. The van der Waals surface area contributed by atoms with Gasteiger partial charge in [0, 0.05) is 0 Å². The van der Waals surface area contributed by atoms with Crippen molar-refractivity contribution in [1.29, 1.82) is 0 Å². The van der Waals surface area contributed by atoms with E-state index >= 15 is 0 Å². The third kappa shape index (κ3) is 2.65. The van der Waals surface area contributed by atoms with Crippen LogP contribution in [0.3, 0.4) is 0 Å². The molecule has 0 saturated heterocycles. The Morgan fingerprint density at radius 3 is 2.94 bits per heavy atom. The van der Waals surface area contributed by atoms with E-state index in [1.807, 2.05) is 0 Å². The van der Waals surface area contributed by atoms with Crippen LogP contribution in [0.25, 0.3) is 0 Å². The van der Waals surface area contributed by atoms with Crippen molar-refractivity contribution in [2.24, 2.45) is 0 Å². The minimum Gasteiger partial charge on any atom is -0.342 e. The third-order valence-electron chi connectivity index (χ3n) is 2.37. The first-order chi connectivity index (χ1) is 8.58. The van der Waals surface area contributed by atoms with Crippen LogP contribution >= 0.6 is 11.6 Å². The molecule has 0 radical (unpaired) electrons. The van der Waals surface area contributed by atoms with E-state index in [1.165, 1.54) is 18.5 Å². The lowest BCUT2D eigenvalue weighted by Gasteiger charge is -2.11. The van der Waals surface area contributed by atoms with Gasteiger partial charge in [-0.1, -0.05) is 11.6 Å². The fourth-order valence-electron chi connectivity index (χ4n) is 1.44. The van der Waals surface area contributed by atoms with Crippen molar-refractivity contribution in [3.8, 4) is 0 Å². The lowest BCUT2D eigenvalue weighted by molar-refractivity contribution is 0.0938. The molecule has 2 N–H and O–H groups in total. The zero-order valence-electron chi connectivity index (χ0n) is 9.45. The van der Waals surface area contributed by atoms with Gasteiger partial charge in [0.15, 0.2) is 0 Å². The van der Waals surface area contributed by atoms with E-state index in [0.29, 0.717) is 5.82 Å². The number of nitrogens with zero attached hydrogens (tertiary/aromatic N) is 2. The zero-order valence-corrected chi connectivity index (χ0v) is 10.2. The van der Waals surface area contributed by atoms with Crippen molar-refractivity contribution in [2.75, 3.05) is 0 Å². The van der Waals surface area contributed by atoms with E-state index in [9.17, 15) is 9.18 Å². The van der Waals surface area contributed by atoms with Crippen molar-refractivity contribution >= 4 is 17.5 Å². The summed E-state index contributed by atoms with van der Waals surface area (Å²) in [5.41, 5.74) is 0.212. The van der Waals surface area contributed by atoms with Gasteiger partial charge in [-0.05, 0) is 25.1 Å². The Labute approximate surface area is 107 Å². The molecule has 5 nitrogen and oxygen atoms in total. The van der Waals surface area contributed by atoms with Gasteiger partial charge < -0.3 is 5.32 Å². The van der Waals surface area contributed by atoms with Gasteiger partial charge in [-0.3, -0.25) is 9.89 Å². The van der Waals surface area contributed by atoms with Crippen LogP contribution in [-0.4, -0.2) is 21.1 Å². The lowest BCUT2D eigenvalue weighted by atomic mass is 10.2. The van der Waals surface area contributed by atoms with Crippen molar-refractivity contribution in [3.05, 3.63) is 46.8 Å². The number of benzene rings is 1. The number of amides is 1. The highest BCUT2D eigenvalue weighted by Gasteiger charge is 2.16. The number of nitrogens with one attached hydrogen (secondary N) is 2. The SMILES string of the molecule is CC(NC(=O)c1ccc(F)cc1Cl)c1ncn[nH]1. The predicted molar refractivity (Wildman–Crippen MR) is 63.7 cm³/mol. The Balaban J connectivity index is 2.12. The van der Waals surface area contributed by atoms with Gasteiger partial charge in [0.25, 0.3) is 5.91 Å². The van der Waals surface area contributed by atoms with E-state index in [1.54, 1.807) is 6.92 Å². The molecule has 7 heteroatoms. The molecule has 1 heterocycles. The molecule has 0 aliphatic heterocycles. The monoisotopic (exact) mass is 268 g/mol. The lowest BCUT2D eigenvalue weighted by Crippen LogP contribution is -2.27. The molecule has 0 aliphatic rings. The number of carbonyl (C=O) groups excluding carboxylic acids is 1. The molecule has 0 aliphatic carbocycles. The molecule has 0 spiro atoms. The largest absolute Gasteiger partial charge is 0.342 e. The van der Waals surface area contributed by atoms with Crippen molar-refractivity contribution in [2.45, 2.75) is 13.0 Å². The first-order valence-corrected chi connectivity index (χ1v) is 5.57. The Kier molecular flexibility index (Phi) is 3.57. The number of halogens is 2. The first-order valence-electron chi connectivity index (χ1n) is 5.19. The van der Waals surface area contributed by atoms with Gasteiger partial charge in [-0.2, -0.15) is 5.10 Å². The van der Waals surface area contributed by atoms with E-state index in [2.05, 4.69) is 20.5 Å². The zero-order chi connectivity index (χ0) is 13.1. The maximum atomic E-state index is 12.9. The fourth-order valence-corrected chi connectivity index (χ4v) is 1.69. The minimum atomic E-state index is -0.486. The second-order valence-corrected chi connectivity index (χ2v) is 4.10. The molecular formula is C11H10ClFN4O. The van der Waals surface area contributed by atoms with Crippen LogP contribution in [0.2, 0.25) is 5.02 Å². The molecule has 1 aromatic carbocycles. The summed E-state index contributed by atoms with van der Waals surface area (Å²) in [6.45, 7) is 1.75. The van der Waals surface area contributed by atoms with Crippen LogP contribution < -0.4 is 5.32 Å². The number of carbonyl (C=O) groups is 1. The van der Waals surface area contributed by atoms with Gasteiger partial charge in [0.1, 0.15) is 18.0 Å². The Morgan fingerprint density at radius 1 is 1.56 bits per heavy atom. The average molecular weight is 269 g/mol. The highest BCUT2D eigenvalue weighted by molar-refractivity contribution is 6.33. The topological polar surface area (TPSA) is 70.7 Å². The van der Waals surface area contributed by atoms with Crippen LogP contribution in [0, 0.1) is 5.82 Å². The molecular weight excluding hydrogens is 259 g/mol. The fraction of sp³-hybridized carbons (Fsp3) is 0.182. The molecule has 0 fully saturated rings. The molecule has 1 atom stereocenters. The molecule has 2 rings (SSSR count). The van der Waals surface area contributed by atoms with Crippen LogP contribution in [0.15, 0.2) is 24.5 Å². The molecule has 18 heavy (non-hydrogen) atoms. The van der Waals surface area contributed by atoms with Gasteiger partial charge in [-0.25, -0.2) is 9.37 Å². The number of rotatable bonds is 3. The Hall–Kier alpha value is -1.95. The third-order valence-corrected chi connectivity index (χ3v) is 2.68. The minimum absolute atomic E-state index is 0.0669. The normalized spacial score (nSPS) is 12.2. The van der Waals surface area contributed by atoms with Crippen LogP contribution in [-0.2, 0) is 0 Å². The highest BCUT2D eigenvalue weighted by atomic mass is 35.5. The predicted octanol–water partition coefficient (Wildman–Crippen LogP) is 2.09. The number of H-pyrrole nitrogens is 1. The summed E-state index contributed by atoms with van der Waals surface area (Å²) in [4.78, 5) is 15.8. The quantitative estimate of drug-likeness (QED) is 0.895.